The summed E-state index contributed by atoms with van der Waals surface area (Å²) in [6.07, 6.45) is 4.01. The second kappa shape index (κ2) is 6.00. The van der Waals surface area contributed by atoms with Crippen molar-refractivity contribution in [3.8, 4) is 5.88 Å². The molecule has 1 atom stereocenters. The van der Waals surface area contributed by atoms with Crippen molar-refractivity contribution in [1.82, 2.24) is 15.3 Å². The third-order valence-electron chi connectivity index (χ3n) is 3.44. The average Bonchev–Trinajstić information content (AvgIpc) is 2.42. The Morgan fingerprint density at radius 3 is 3.00 bits per heavy atom. The second-order valence-corrected chi connectivity index (χ2v) is 4.67. The number of aromatic nitrogens is 2. The lowest BCUT2D eigenvalue weighted by atomic mass is 10.1. The van der Waals surface area contributed by atoms with Gasteiger partial charge in [0.05, 0.1) is 12.2 Å². The molecule has 0 spiro atoms. The molecule has 1 saturated heterocycles. The first-order valence-electron chi connectivity index (χ1n) is 6.62. The minimum Gasteiger partial charge on any atom is -0.478 e. The Kier molecular flexibility index (Phi) is 4.36. The van der Waals surface area contributed by atoms with E-state index in [1.54, 1.807) is 6.33 Å². The molecule has 0 aliphatic carbocycles. The quantitative estimate of drug-likeness (QED) is 0.874. The van der Waals surface area contributed by atoms with Crippen LogP contribution in [0.5, 0.6) is 5.88 Å². The van der Waals surface area contributed by atoms with Gasteiger partial charge in [0.15, 0.2) is 0 Å². The Morgan fingerprint density at radius 1 is 1.50 bits per heavy atom. The first kappa shape index (κ1) is 13.1. The van der Waals surface area contributed by atoms with Crippen molar-refractivity contribution < 1.29 is 4.74 Å². The van der Waals surface area contributed by atoms with Gasteiger partial charge in [-0.2, -0.15) is 0 Å². The molecule has 5 nitrogen and oxygen atoms in total. The highest BCUT2D eigenvalue weighted by Crippen LogP contribution is 2.25. The number of hydrogen-bond acceptors (Lipinski definition) is 5. The zero-order valence-electron chi connectivity index (χ0n) is 11.4. The van der Waals surface area contributed by atoms with E-state index in [4.69, 9.17) is 4.74 Å². The fourth-order valence-electron chi connectivity index (χ4n) is 2.40. The van der Waals surface area contributed by atoms with Gasteiger partial charge in [-0.1, -0.05) is 0 Å². The van der Waals surface area contributed by atoms with Crippen LogP contribution in [0.25, 0.3) is 0 Å². The van der Waals surface area contributed by atoms with E-state index in [1.165, 1.54) is 12.8 Å². The zero-order chi connectivity index (χ0) is 13.0. The van der Waals surface area contributed by atoms with E-state index in [0.717, 1.165) is 24.5 Å². The SMILES string of the molecule is CCOc1ncnc(N(C)C2CCCNC2)c1C. The maximum absolute atomic E-state index is 5.52. The van der Waals surface area contributed by atoms with Gasteiger partial charge in [-0.3, -0.25) is 0 Å². The van der Waals surface area contributed by atoms with E-state index < -0.39 is 0 Å². The summed E-state index contributed by atoms with van der Waals surface area (Å²) >= 11 is 0. The van der Waals surface area contributed by atoms with Crippen LogP contribution in [0.1, 0.15) is 25.3 Å². The molecule has 1 N–H and O–H groups in total. The smallest absolute Gasteiger partial charge is 0.221 e. The van der Waals surface area contributed by atoms with Crippen LogP contribution in [0.15, 0.2) is 6.33 Å². The van der Waals surface area contributed by atoms with Crippen LogP contribution in [0, 0.1) is 6.92 Å². The monoisotopic (exact) mass is 250 g/mol. The zero-order valence-corrected chi connectivity index (χ0v) is 11.4. The number of piperidine rings is 1. The maximum Gasteiger partial charge on any atom is 0.221 e. The van der Waals surface area contributed by atoms with Crippen LogP contribution < -0.4 is 15.0 Å². The van der Waals surface area contributed by atoms with Gasteiger partial charge in [-0.15, -0.1) is 0 Å². The van der Waals surface area contributed by atoms with Crippen LogP contribution in [-0.4, -0.2) is 42.8 Å². The highest BCUT2D eigenvalue weighted by Gasteiger charge is 2.21. The molecule has 1 aliphatic rings. The number of likely N-dealkylation sites (N-methyl/N-ethyl adjacent to an activating group) is 1. The molecule has 0 saturated carbocycles. The van der Waals surface area contributed by atoms with Crippen LogP contribution in [0.3, 0.4) is 0 Å². The molecule has 18 heavy (non-hydrogen) atoms. The van der Waals surface area contributed by atoms with Crippen LogP contribution in [0.4, 0.5) is 5.82 Å². The average molecular weight is 250 g/mol. The first-order valence-corrected chi connectivity index (χ1v) is 6.62. The minimum absolute atomic E-state index is 0.502. The van der Waals surface area contributed by atoms with Crippen molar-refractivity contribution in [2.45, 2.75) is 32.7 Å². The van der Waals surface area contributed by atoms with E-state index >= 15 is 0 Å². The molecule has 1 fully saturated rings. The number of nitrogens with zero attached hydrogens (tertiary/aromatic N) is 3. The highest BCUT2D eigenvalue weighted by atomic mass is 16.5. The first-order chi connectivity index (χ1) is 8.74. The summed E-state index contributed by atoms with van der Waals surface area (Å²) in [5, 5.41) is 3.43. The molecule has 100 valence electrons. The molecule has 5 heteroatoms. The lowest BCUT2D eigenvalue weighted by Crippen LogP contribution is -2.44. The van der Waals surface area contributed by atoms with Gasteiger partial charge in [0.25, 0.3) is 0 Å². The van der Waals surface area contributed by atoms with Crippen molar-refractivity contribution in [3.05, 3.63) is 11.9 Å². The summed E-state index contributed by atoms with van der Waals surface area (Å²) in [5.74, 6) is 1.67. The predicted molar refractivity (Wildman–Crippen MR) is 72.2 cm³/mol. The summed E-state index contributed by atoms with van der Waals surface area (Å²) in [5.41, 5.74) is 1.02. The summed E-state index contributed by atoms with van der Waals surface area (Å²) in [7, 11) is 2.10. The molecule has 1 aromatic rings. The summed E-state index contributed by atoms with van der Waals surface area (Å²) in [6.45, 7) is 6.76. The van der Waals surface area contributed by atoms with Crippen LogP contribution >= 0.6 is 0 Å². The van der Waals surface area contributed by atoms with Gasteiger partial charge in [-0.05, 0) is 33.2 Å². The van der Waals surface area contributed by atoms with Gasteiger partial charge >= 0.3 is 0 Å². The summed E-state index contributed by atoms with van der Waals surface area (Å²) in [6, 6.07) is 0.502. The standard InChI is InChI=1S/C13H22N4O/c1-4-18-13-10(2)12(15-9-16-13)17(3)11-6-5-7-14-8-11/h9,11,14H,4-8H2,1-3H3. The number of nitrogens with one attached hydrogen (secondary N) is 1. The van der Waals surface area contributed by atoms with Gasteiger partial charge < -0.3 is 15.0 Å². The van der Waals surface area contributed by atoms with Crippen molar-refractivity contribution in [2.24, 2.45) is 0 Å². The Hall–Kier alpha value is -1.36. The number of rotatable bonds is 4. The molecule has 2 heterocycles. The van der Waals surface area contributed by atoms with E-state index in [0.29, 0.717) is 18.5 Å². The van der Waals surface area contributed by atoms with E-state index in [2.05, 4.69) is 27.2 Å². The molecule has 0 aromatic carbocycles. The molecule has 0 radical (unpaired) electrons. The largest absolute Gasteiger partial charge is 0.478 e. The summed E-state index contributed by atoms with van der Waals surface area (Å²) < 4.78 is 5.52. The van der Waals surface area contributed by atoms with Crippen molar-refractivity contribution >= 4 is 5.82 Å². The Morgan fingerprint density at radius 2 is 2.33 bits per heavy atom. The fourth-order valence-corrected chi connectivity index (χ4v) is 2.40. The van der Waals surface area contributed by atoms with Crippen molar-refractivity contribution in [1.29, 1.82) is 0 Å². The topological polar surface area (TPSA) is 50.3 Å². The Balaban J connectivity index is 2.18. The third-order valence-corrected chi connectivity index (χ3v) is 3.44. The molecule has 1 unspecified atom stereocenters. The van der Waals surface area contributed by atoms with Crippen LogP contribution in [0.2, 0.25) is 0 Å². The molecular weight excluding hydrogens is 228 g/mol. The molecule has 2 rings (SSSR count). The third kappa shape index (κ3) is 2.72. The Labute approximate surface area is 109 Å². The predicted octanol–water partition coefficient (Wildman–Crippen LogP) is 1.37. The lowest BCUT2D eigenvalue weighted by molar-refractivity contribution is 0.323. The highest BCUT2D eigenvalue weighted by molar-refractivity contribution is 5.50. The van der Waals surface area contributed by atoms with Crippen molar-refractivity contribution in [3.63, 3.8) is 0 Å². The lowest BCUT2D eigenvalue weighted by Gasteiger charge is -2.33. The number of hydrogen-bond donors (Lipinski definition) is 1. The number of ether oxygens (including phenoxy) is 1. The normalized spacial score (nSPS) is 19.6. The Bertz CT molecular complexity index is 391. The van der Waals surface area contributed by atoms with E-state index in [1.807, 2.05) is 13.8 Å². The van der Waals surface area contributed by atoms with E-state index in [9.17, 15) is 0 Å². The van der Waals surface area contributed by atoms with Gasteiger partial charge in [0.1, 0.15) is 12.1 Å². The second-order valence-electron chi connectivity index (χ2n) is 4.67. The van der Waals surface area contributed by atoms with E-state index in [-0.39, 0.29) is 0 Å². The van der Waals surface area contributed by atoms with Gasteiger partial charge in [0, 0.05) is 19.6 Å². The molecular formula is C13H22N4O. The van der Waals surface area contributed by atoms with Crippen molar-refractivity contribution in [2.75, 3.05) is 31.6 Å². The molecule has 0 amide bonds. The van der Waals surface area contributed by atoms with Crippen LogP contribution in [-0.2, 0) is 0 Å². The summed E-state index contributed by atoms with van der Waals surface area (Å²) in [4.78, 5) is 10.8. The van der Waals surface area contributed by atoms with Gasteiger partial charge in [-0.25, -0.2) is 9.97 Å². The molecule has 1 aliphatic heterocycles. The number of anilines is 1. The molecule has 0 bridgehead atoms. The van der Waals surface area contributed by atoms with Gasteiger partial charge in [0.2, 0.25) is 5.88 Å². The maximum atomic E-state index is 5.52. The molecule has 1 aromatic heterocycles. The minimum atomic E-state index is 0.502. The fraction of sp³-hybridized carbons (Fsp3) is 0.692.